The predicted octanol–water partition coefficient (Wildman–Crippen LogP) is 2.49. The summed E-state index contributed by atoms with van der Waals surface area (Å²) in [4.78, 5) is 18.8. The van der Waals surface area contributed by atoms with E-state index in [1.807, 2.05) is 0 Å². The minimum atomic E-state index is -0.455. The highest BCUT2D eigenvalue weighted by atomic mass is 35.5. The summed E-state index contributed by atoms with van der Waals surface area (Å²) in [5.41, 5.74) is 0.234. The van der Waals surface area contributed by atoms with Gasteiger partial charge in [0.25, 0.3) is 0 Å². The van der Waals surface area contributed by atoms with E-state index in [0.29, 0.717) is 6.54 Å². The molecule has 0 aliphatic heterocycles. The molecule has 1 amide bonds. The van der Waals surface area contributed by atoms with Gasteiger partial charge in [0.2, 0.25) is 5.91 Å². The number of amides is 1. The Balaban J connectivity index is 1.75. The van der Waals surface area contributed by atoms with Gasteiger partial charge in [0.05, 0.1) is 6.42 Å². The van der Waals surface area contributed by atoms with E-state index in [4.69, 9.17) is 11.6 Å². The lowest BCUT2D eigenvalue weighted by molar-refractivity contribution is -0.120. The maximum Gasteiger partial charge on any atom is 0.224 e. The zero-order chi connectivity index (χ0) is 14.4. The lowest BCUT2D eigenvalue weighted by Crippen LogP contribution is -2.27. The van der Waals surface area contributed by atoms with Crippen molar-refractivity contribution in [2.45, 2.75) is 19.3 Å². The first-order valence-electron chi connectivity index (χ1n) is 6.34. The lowest BCUT2D eigenvalue weighted by Gasteiger charge is -2.07. The van der Waals surface area contributed by atoms with Gasteiger partial charge in [-0.2, -0.15) is 0 Å². The van der Waals surface area contributed by atoms with E-state index in [9.17, 15) is 9.18 Å². The van der Waals surface area contributed by atoms with Gasteiger partial charge in [0.15, 0.2) is 0 Å². The normalized spacial score (nSPS) is 10.5. The monoisotopic (exact) mass is 295 g/mol. The highest BCUT2D eigenvalue weighted by Crippen LogP contribution is 2.19. The molecule has 1 aromatic carbocycles. The Bertz CT molecular complexity index is 552. The number of hydrogen-bond acceptors (Lipinski definition) is 2. The third-order valence-electron chi connectivity index (χ3n) is 2.87. The van der Waals surface area contributed by atoms with Crippen LogP contribution in [-0.2, 0) is 17.6 Å². The number of H-pyrrole nitrogens is 1. The lowest BCUT2D eigenvalue weighted by atomic mass is 10.1. The predicted molar refractivity (Wildman–Crippen MR) is 75.0 cm³/mol. The Kier molecular flexibility index (Phi) is 5.12. The third kappa shape index (κ3) is 4.06. The molecule has 0 aliphatic carbocycles. The Morgan fingerprint density at radius 2 is 2.30 bits per heavy atom. The van der Waals surface area contributed by atoms with Crippen molar-refractivity contribution in [1.82, 2.24) is 15.3 Å². The Morgan fingerprint density at radius 1 is 1.45 bits per heavy atom. The van der Waals surface area contributed by atoms with Crippen molar-refractivity contribution in [3.63, 3.8) is 0 Å². The van der Waals surface area contributed by atoms with E-state index >= 15 is 0 Å². The molecule has 0 spiro atoms. The standard InChI is InChI=1S/C14H15ClFN3O/c15-11-3-1-4-12(16)10(11)9-14(20)19-6-2-5-13-17-7-8-18-13/h1,3-4,7-8H,2,5-6,9H2,(H,17,18)(H,19,20). The van der Waals surface area contributed by atoms with E-state index in [0.717, 1.165) is 18.7 Å². The van der Waals surface area contributed by atoms with Crippen molar-refractivity contribution in [3.8, 4) is 0 Å². The van der Waals surface area contributed by atoms with Crippen LogP contribution in [0, 0.1) is 5.82 Å². The number of carbonyl (C=O) groups is 1. The van der Waals surface area contributed by atoms with Crippen LogP contribution in [0.2, 0.25) is 5.02 Å². The number of nitrogens with one attached hydrogen (secondary N) is 2. The fraction of sp³-hybridized carbons (Fsp3) is 0.286. The van der Waals surface area contributed by atoms with E-state index in [1.165, 1.54) is 12.1 Å². The summed E-state index contributed by atoms with van der Waals surface area (Å²) in [6.45, 7) is 0.519. The van der Waals surface area contributed by atoms with Crippen molar-refractivity contribution < 1.29 is 9.18 Å². The van der Waals surface area contributed by atoms with Crippen molar-refractivity contribution in [3.05, 3.63) is 52.8 Å². The highest BCUT2D eigenvalue weighted by Gasteiger charge is 2.11. The summed E-state index contributed by atoms with van der Waals surface area (Å²) >= 11 is 5.87. The number of hydrogen-bond donors (Lipinski definition) is 2. The molecule has 0 fully saturated rings. The van der Waals surface area contributed by atoms with Gasteiger partial charge in [-0.25, -0.2) is 9.37 Å². The zero-order valence-electron chi connectivity index (χ0n) is 10.8. The molecule has 0 atom stereocenters. The molecular weight excluding hydrogens is 281 g/mol. The molecule has 2 N–H and O–H groups in total. The number of aryl methyl sites for hydroxylation is 1. The van der Waals surface area contributed by atoms with Crippen LogP contribution in [0.1, 0.15) is 17.8 Å². The van der Waals surface area contributed by atoms with Crippen molar-refractivity contribution in [2.75, 3.05) is 6.54 Å². The van der Waals surface area contributed by atoms with Gasteiger partial charge in [0, 0.05) is 35.9 Å². The third-order valence-corrected chi connectivity index (χ3v) is 3.22. The Hall–Kier alpha value is -1.88. The van der Waals surface area contributed by atoms with Gasteiger partial charge in [-0.3, -0.25) is 4.79 Å². The smallest absolute Gasteiger partial charge is 0.224 e. The topological polar surface area (TPSA) is 57.8 Å². The number of rotatable bonds is 6. The zero-order valence-corrected chi connectivity index (χ0v) is 11.6. The van der Waals surface area contributed by atoms with Gasteiger partial charge in [-0.05, 0) is 18.6 Å². The minimum absolute atomic E-state index is 0.0493. The van der Waals surface area contributed by atoms with Crippen LogP contribution in [0.5, 0.6) is 0 Å². The average molecular weight is 296 g/mol. The molecule has 4 nitrogen and oxygen atoms in total. The van der Waals surface area contributed by atoms with Gasteiger partial charge in [-0.1, -0.05) is 17.7 Å². The second-order valence-electron chi connectivity index (χ2n) is 4.37. The Morgan fingerprint density at radius 3 is 3.00 bits per heavy atom. The molecular formula is C14H15ClFN3O. The average Bonchev–Trinajstić information content (AvgIpc) is 2.92. The van der Waals surface area contributed by atoms with Crippen LogP contribution in [0.4, 0.5) is 4.39 Å². The summed E-state index contributed by atoms with van der Waals surface area (Å²) in [6.07, 6.45) is 4.92. The van der Waals surface area contributed by atoms with E-state index < -0.39 is 5.82 Å². The van der Waals surface area contributed by atoms with Crippen molar-refractivity contribution >= 4 is 17.5 Å². The van der Waals surface area contributed by atoms with E-state index in [2.05, 4.69) is 15.3 Å². The maximum absolute atomic E-state index is 13.5. The Labute approximate surface area is 121 Å². The molecule has 2 rings (SSSR count). The molecule has 2 aromatic rings. The first kappa shape index (κ1) is 14.5. The van der Waals surface area contributed by atoms with Gasteiger partial charge in [-0.15, -0.1) is 0 Å². The molecule has 106 valence electrons. The number of halogens is 2. The van der Waals surface area contributed by atoms with Crippen LogP contribution in [0.15, 0.2) is 30.6 Å². The van der Waals surface area contributed by atoms with Crippen molar-refractivity contribution in [2.24, 2.45) is 0 Å². The molecule has 0 radical (unpaired) electrons. The molecule has 0 saturated carbocycles. The maximum atomic E-state index is 13.5. The molecule has 20 heavy (non-hydrogen) atoms. The first-order chi connectivity index (χ1) is 9.66. The number of aromatic nitrogens is 2. The molecule has 0 bridgehead atoms. The fourth-order valence-corrected chi connectivity index (χ4v) is 2.07. The largest absolute Gasteiger partial charge is 0.356 e. The molecule has 0 unspecified atom stereocenters. The van der Waals surface area contributed by atoms with Gasteiger partial charge >= 0.3 is 0 Å². The molecule has 0 saturated heterocycles. The second-order valence-corrected chi connectivity index (χ2v) is 4.77. The number of nitrogens with zero attached hydrogens (tertiary/aromatic N) is 1. The SMILES string of the molecule is O=C(Cc1c(F)cccc1Cl)NCCCc1ncc[nH]1. The minimum Gasteiger partial charge on any atom is -0.356 e. The number of benzene rings is 1. The number of carbonyl (C=O) groups excluding carboxylic acids is 1. The fourth-order valence-electron chi connectivity index (χ4n) is 1.84. The summed E-state index contributed by atoms with van der Waals surface area (Å²) in [5, 5.41) is 3.02. The van der Waals surface area contributed by atoms with Crippen LogP contribution >= 0.6 is 11.6 Å². The van der Waals surface area contributed by atoms with Gasteiger partial charge in [0.1, 0.15) is 11.6 Å². The molecule has 6 heteroatoms. The summed E-state index contributed by atoms with van der Waals surface area (Å²) < 4.78 is 13.5. The van der Waals surface area contributed by atoms with Crippen molar-refractivity contribution in [1.29, 1.82) is 0 Å². The quantitative estimate of drug-likeness (QED) is 0.805. The second kappa shape index (κ2) is 7.05. The van der Waals surface area contributed by atoms with E-state index in [-0.39, 0.29) is 22.9 Å². The molecule has 0 aliphatic rings. The first-order valence-corrected chi connectivity index (χ1v) is 6.72. The van der Waals surface area contributed by atoms with E-state index in [1.54, 1.807) is 18.5 Å². The van der Waals surface area contributed by atoms with Crippen LogP contribution in [0.3, 0.4) is 0 Å². The summed E-state index contributed by atoms with van der Waals surface area (Å²) in [5.74, 6) is 0.191. The van der Waals surface area contributed by atoms with Crippen LogP contribution < -0.4 is 5.32 Å². The van der Waals surface area contributed by atoms with Crippen LogP contribution in [0.25, 0.3) is 0 Å². The number of aromatic amines is 1. The molecule has 1 aromatic heterocycles. The van der Waals surface area contributed by atoms with Gasteiger partial charge < -0.3 is 10.3 Å². The highest BCUT2D eigenvalue weighted by molar-refractivity contribution is 6.31. The van der Waals surface area contributed by atoms with Crippen LogP contribution in [-0.4, -0.2) is 22.4 Å². The number of imidazole rings is 1. The summed E-state index contributed by atoms with van der Waals surface area (Å²) in [7, 11) is 0. The summed E-state index contributed by atoms with van der Waals surface area (Å²) in [6, 6.07) is 4.39. The molecule has 1 heterocycles.